The van der Waals surface area contributed by atoms with Crippen LogP contribution < -0.4 is 0 Å². The fourth-order valence-corrected chi connectivity index (χ4v) is 6.71. The summed E-state index contributed by atoms with van der Waals surface area (Å²) in [5.41, 5.74) is 0.456. The van der Waals surface area contributed by atoms with Crippen molar-refractivity contribution in [3.05, 3.63) is 60.3 Å². The lowest BCUT2D eigenvalue weighted by atomic mass is 9.87. The summed E-state index contributed by atoms with van der Waals surface area (Å²) >= 11 is 0. The van der Waals surface area contributed by atoms with Crippen molar-refractivity contribution in [1.82, 2.24) is 9.88 Å². The molecular formula is C25H28N2O5S2. The van der Waals surface area contributed by atoms with Crippen molar-refractivity contribution in [2.24, 2.45) is 5.92 Å². The Labute approximate surface area is 207 Å². The molecule has 3 heterocycles. The number of ether oxygens (including phenoxy) is 2. The van der Waals surface area contributed by atoms with E-state index in [0.29, 0.717) is 30.7 Å². The number of piperidine rings is 1. The summed E-state index contributed by atoms with van der Waals surface area (Å²) in [7, 11) is 4.53. The van der Waals surface area contributed by atoms with Gasteiger partial charge in [-0.05, 0) is 47.9 Å². The molecule has 4 atom stereocenters. The molecule has 2 bridgehead atoms. The van der Waals surface area contributed by atoms with E-state index in [0.717, 1.165) is 17.9 Å². The first-order valence-electron chi connectivity index (χ1n) is 11.4. The fraction of sp³-hybridized carbons (Fsp3) is 0.440. The van der Waals surface area contributed by atoms with Gasteiger partial charge in [0.2, 0.25) is 0 Å². The maximum atomic E-state index is 12.8. The van der Waals surface area contributed by atoms with Gasteiger partial charge in [-0.2, -0.15) is 0 Å². The van der Waals surface area contributed by atoms with Gasteiger partial charge in [0, 0.05) is 36.9 Å². The number of esters is 2. The van der Waals surface area contributed by atoms with Crippen LogP contribution in [0.3, 0.4) is 0 Å². The van der Waals surface area contributed by atoms with Crippen LogP contribution in [0.1, 0.15) is 36.0 Å². The van der Waals surface area contributed by atoms with Gasteiger partial charge in [0.15, 0.2) is 0 Å². The number of nitrogens with zero attached hydrogens (tertiary/aromatic N) is 2. The molecule has 4 rings (SSSR count). The number of fused-ring (bicyclic) bond motifs is 2. The lowest BCUT2D eigenvalue weighted by Crippen LogP contribution is -2.56. The second-order valence-electron chi connectivity index (χ2n) is 8.43. The molecule has 2 aliphatic rings. The molecule has 0 spiro atoms. The van der Waals surface area contributed by atoms with Crippen LogP contribution >= 0.6 is 21.6 Å². The van der Waals surface area contributed by atoms with Crippen molar-refractivity contribution >= 4 is 39.3 Å². The van der Waals surface area contributed by atoms with Crippen LogP contribution in [0.4, 0.5) is 0 Å². The first-order valence-corrected chi connectivity index (χ1v) is 13.7. The number of hydrogen-bond acceptors (Lipinski definition) is 9. The maximum absolute atomic E-state index is 12.8. The summed E-state index contributed by atoms with van der Waals surface area (Å²) in [6.45, 7) is 0.303. The van der Waals surface area contributed by atoms with Crippen molar-refractivity contribution in [3.8, 4) is 0 Å². The Morgan fingerprint density at radius 2 is 1.88 bits per heavy atom. The van der Waals surface area contributed by atoms with E-state index in [1.54, 1.807) is 52.1 Å². The van der Waals surface area contributed by atoms with E-state index < -0.39 is 24.0 Å². The third-order valence-corrected chi connectivity index (χ3v) is 8.62. The molecule has 9 heteroatoms. The summed E-state index contributed by atoms with van der Waals surface area (Å²) in [5.74, 6) is -0.587. The Hall–Kier alpha value is -2.36. The average Bonchev–Trinajstić information content (AvgIpc) is 3.13. The summed E-state index contributed by atoms with van der Waals surface area (Å²) in [4.78, 5) is 44.5. The van der Waals surface area contributed by atoms with Crippen LogP contribution in [0.2, 0.25) is 0 Å². The minimum atomic E-state index is -0.599. The lowest BCUT2D eigenvalue weighted by Gasteiger charge is -2.42. The zero-order valence-electron chi connectivity index (χ0n) is 19.0. The Morgan fingerprint density at radius 1 is 1.09 bits per heavy atom. The molecule has 0 radical (unpaired) electrons. The summed E-state index contributed by atoms with van der Waals surface area (Å²) in [6, 6.07) is 14.5. The van der Waals surface area contributed by atoms with Gasteiger partial charge in [-0.3, -0.25) is 14.5 Å². The Balaban J connectivity index is 1.34. The van der Waals surface area contributed by atoms with Gasteiger partial charge in [-0.25, -0.2) is 9.78 Å². The summed E-state index contributed by atoms with van der Waals surface area (Å²) < 4.78 is 10.9. The summed E-state index contributed by atoms with van der Waals surface area (Å²) in [5, 5.41) is 0.922. The zero-order valence-corrected chi connectivity index (χ0v) is 20.6. The number of pyridine rings is 1. The highest BCUT2D eigenvalue weighted by Gasteiger charge is 2.52. The third kappa shape index (κ3) is 6.00. The molecule has 1 aromatic carbocycles. The molecule has 4 unspecified atom stereocenters. The predicted molar refractivity (Wildman–Crippen MR) is 131 cm³/mol. The van der Waals surface area contributed by atoms with Crippen LogP contribution in [-0.2, 0) is 19.1 Å². The fourth-order valence-electron chi connectivity index (χ4n) is 4.80. The van der Waals surface area contributed by atoms with Crippen LogP contribution in [0, 0.1) is 5.92 Å². The highest BCUT2D eigenvalue weighted by Crippen LogP contribution is 2.41. The van der Waals surface area contributed by atoms with Gasteiger partial charge in [0.1, 0.15) is 22.8 Å². The molecule has 2 aliphatic heterocycles. The van der Waals surface area contributed by atoms with Crippen molar-refractivity contribution in [2.45, 2.75) is 48.9 Å². The van der Waals surface area contributed by atoms with Gasteiger partial charge < -0.3 is 9.47 Å². The third-order valence-electron chi connectivity index (χ3n) is 6.36. The van der Waals surface area contributed by atoms with E-state index in [1.165, 1.54) is 7.11 Å². The van der Waals surface area contributed by atoms with Crippen molar-refractivity contribution < 1.29 is 23.9 Å². The molecule has 34 heavy (non-hydrogen) atoms. The number of carbonyl (C=O) groups is 3. The standard InChI is InChI=1S/C25H28N2O5S2/c1-31-25(30)23-20-11-10-18(15-21(23)32-24(29)17-7-3-2-4-8-17)27(20)16-19(28)12-14-33-34-22-9-5-6-13-26-22/h2-9,13,18,20-21,23H,10-12,14-16H2,1H3. The minimum Gasteiger partial charge on any atom is -0.469 e. The van der Waals surface area contributed by atoms with E-state index >= 15 is 0 Å². The van der Waals surface area contributed by atoms with E-state index in [9.17, 15) is 14.4 Å². The van der Waals surface area contributed by atoms with E-state index in [4.69, 9.17) is 9.47 Å². The molecule has 0 amide bonds. The van der Waals surface area contributed by atoms with E-state index in [1.807, 2.05) is 24.3 Å². The van der Waals surface area contributed by atoms with E-state index in [2.05, 4.69) is 9.88 Å². The molecule has 0 saturated carbocycles. The van der Waals surface area contributed by atoms with Gasteiger partial charge in [-0.1, -0.05) is 35.1 Å². The van der Waals surface area contributed by atoms with Crippen molar-refractivity contribution in [1.29, 1.82) is 0 Å². The van der Waals surface area contributed by atoms with Crippen LogP contribution in [0.15, 0.2) is 59.8 Å². The molecule has 2 fully saturated rings. The highest BCUT2D eigenvalue weighted by atomic mass is 33.1. The van der Waals surface area contributed by atoms with Gasteiger partial charge in [-0.15, -0.1) is 0 Å². The van der Waals surface area contributed by atoms with Crippen LogP contribution in [0.25, 0.3) is 0 Å². The monoisotopic (exact) mass is 500 g/mol. The molecule has 180 valence electrons. The molecular weight excluding hydrogens is 472 g/mol. The van der Waals surface area contributed by atoms with Crippen LogP contribution in [0.5, 0.6) is 0 Å². The molecule has 2 aromatic rings. The first kappa shape index (κ1) is 24.8. The van der Waals surface area contributed by atoms with Crippen LogP contribution in [-0.4, -0.2) is 65.2 Å². The number of methoxy groups -OCH3 is 1. The SMILES string of the molecule is COC(=O)C1C(OC(=O)c2ccccc2)CC2CCC1N2CC(=O)CCSSc1ccccn1. The topological polar surface area (TPSA) is 85.8 Å². The maximum Gasteiger partial charge on any atom is 0.338 e. The lowest BCUT2D eigenvalue weighted by molar-refractivity contribution is -0.157. The summed E-state index contributed by atoms with van der Waals surface area (Å²) in [6.07, 6.45) is 3.82. The number of Topliss-reactive ketones (excluding diaryl/α,β-unsaturated/α-hetero) is 1. The molecule has 0 aliphatic carbocycles. The second kappa shape index (κ2) is 11.9. The molecule has 0 N–H and O–H groups in total. The normalized spacial score (nSPS) is 23.9. The Morgan fingerprint density at radius 3 is 2.62 bits per heavy atom. The highest BCUT2D eigenvalue weighted by molar-refractivity contribution is 8.76. The van der Waals surface area contributed by atoms with Gasteiger partial charge in [0.25, 0.3) is 0 Å². The van der Waals surface area contributed by atoms with E-state index in [-0.39, 0.29) is 17.9 Å². The number of hydrogen-bond donors (Lipinski definition) is 0. The first-order chi connectivity index (χ1) is 16.6. The van der Waals surface area contributed by atoms with Crippen molar-refractivity contribution in [3.63, 3.8) is 0 Å². The smallest absolute Gasteiger partial charge is 0.338 e. The van der Waals surface area contributed by atoms with Crippen molar-refractivity contribution in [2.75, 3.05) is 19.4 Å². The molecule has 2 saturated heterocycles. The number of rotatable bonds is 10. The quantitative estimate of drug-likeness (QED) is 0.273. The Kier molecular flexibility index (Phi) is 8.64. The van der Waals surface area contributed by atoms with Gasteiger partial charge >= 0.3 is 11.9 Å². The zero-order chi connectivity index (χ0) is 23.9. The second-order valence-corrected chi connectivity index (χ2v) is 10.9. The minimum absolute atomic E-state index is 0.110. The molecule has 7 nitrogen and oxygen atoms in total. The number of ketones is 1. The number of benzene rings is 1. The molecule has 1 aromatic heterocycles. The average molecular weight is 501 g/mol. The Bertz CT molecular complexity index is 991. The number of carbonyl (C=O) groups excluding carboxylic acids is 3. The largest absolute Gasteiger partial charge is 0.469 e. The number of aromatic nitrogens is 1. The predicted octanol–water partition coefficient (Wildman–Crippen LogP) is 4.03. The van der Waals surface area contributed by atoms with Gasteiger partial charge in [0.05, 0.1) is 19.2 Å².